The van der Waals surface area contributed by atoms with E-state index in [4.69, 9.17) is 0 Å². The molecule has 4 rings (SSSR count). The molecule has 3 amide bonds. The van der Waals surface area contributed by atoms with Gasteiger partial charge in [0.15, 0.2) is 5.17 Å². The number of nitrogens with zero attached hydrogens (tertiary/aromatic N) is 5. The molecule has 8 nitrogen and oxygen atoms in total. The summed E-state index contributed by atoms with van der Waals surface area (Å²) < 4.78 is 0. The molecular formula is C18H15N5O3S2. The lowest BCUT2D eigenvalue weighted by molar-refractivity contribution is -0.124. The smallest absolute Gasteiger partial charge is 0.267 e. The summed E-state index contributed by atoms with van der Waals surface area (Å²) in [6.07, 6.45) is 0. The van der Waals surface area contributed by atoms with Crippen molar-refractivity contribution in [2.75, 3.05) is 11.4 Å². The van der Waals surface area contributed by atoms with Crippen LogP contribution in [0.3, 0.4) is 0 Å². The number of hydrogen-bond acceptors (Lipinski definition) is 8. The number of aliphatic imine (C=N–C) groups is 1. The van der Waals surface area contributed by atoms with Crippen LogP contribution in [0.1, 0.15) is 24.4 Å². The van der Waals surface area contributed by atoms with Crippen molar-refractivity contribution in [2.45, 2.75) is 20.8 Å². The minimum atomic E-state index is -0.492. The number of amidine groups is 1. The molecule has 0 N–H and O–H groups in total. The van der Waals surface area contributed by atoms with Crippen LogP contribution in [0.2, 0.25) is 0 Å². The predicted molar refractivity (Wildman–Crippen MR) is 108 cm³/mol. The molecule has 142 valence electrons. The minimum absolute atomic E-state index is 0.234. The molecule has 2 aromatic rings. The summed E-state index contributed by atoms with van der Waals surface area (Å²) in [6, 6.07) is 6.97. The zero-order valence-electron chi connectivity index (χ0n) is 15.3. The van der Waals surface area contributed by atoms with Gasteiger partial charge in [0.2, 0.25) is 11.0 Å². The van der Waals surface area contributed by atoms with Crippen LogP contribution in [0.5, 0.6) is 0 Å². The van der Waals surface area contributed by atoms with Crippen molar-refractivity contribution in [2.24, 2.45) is 4.99 Å². The second-order valence-electron chi connectivity index (χ2n) is 6.03. The van der Waals surface area contributed by atoms with Crippen LogP contribution in [0.25, 0.3) is 5.57 Å². The van der Waals surface area contributed by atoms with Gasteiger partial charge in [-0.3, -0.25) is 19.3 Å². The number of amides is 3. The van der Waals surface area contributed by atoms with E-state index in [1.165, 1.54) is 23.2 Å². The van der Waals surface area contributed by atoms with E-state index in [9.17, 15) is 14.4 Å². The van der Waals surface area contributed by atoms with Crippen molar-refractivity contribution in [1.29, 1.82) is 0 Å². The van der Waals surface area contributed by atoms with Gasteiger partial charge in [-0.15, -0.1) is 10.2 Å². The predicted octanol–water partition coefficient (Wildman–Crippen LogP) is 2.73. The molecule has 1 fully saturated rings. The first-order valence-electron chi connectivity index (χ1n) is 8.49. The van der Waals surface area contributed by atoms with Gasteiger partial charge in [-0.25, -0.2) is 4.90 Å². The van der Waals surface area contributed by atoms with Gasteiger partial charge in [0.05, 0.1) is 16.2 Å². The molecule has 0 aliphatic carbocycles. The lowest BCUT2D eigenvalue weighted by atomic mass is 10.1. The number of fused-ring (bicyclic) bond motifs is 1. The highest BCUT2D eigenvalue weighted by molar-refractivity contribution is 8.18. The third-order valence-corrected chi connectivity index (χ3v) is 6.07. The highest BCUT2D eigenvalue weighted by Crippen LogP contribution is 2.44. The Bertz CT molecular complexity index is 1090. The Kier molecular flexibility index (Phi) is 4.60. The van der Waals surface area contributed by atoms with Crippen LogP contribution in [-0.2, 0) is 14.4 Å². The number of aryl methyl sites for hydroxylation is 1. The fraction of sp³-hybridized carbons (Fsp3) is 0.222. The van der Waals surface area contributed by atoms with E-state index in [-0.39, 0.29) is 16.4 Å². The molecule has 10 heteroatoms. The fourth-order valence-electron chi connectivity index (χ4n) is 3.08. The second kappa shape index (κ2) is 6.95. The number of para-hydroxylation sites is 1. The van der Waals surface area contributed by atoms with Gasteiger partial charge in [0.25, 0.3) is 11.8 Å². The number of hydrogen-bond donors (Lipinski definition) is 0. The van der Waals surface area contributed by atoms with Crippen LogP contribution in [0, 0.1) is 6.92 Å². The summed E-state index contributed by atoms with van der Waals surface area (Å²) in [6.45, 7) is 5.38. The van der Waals surface area contributed by atoms with E-state index < -0.39 is 11.8 Å². The molecule has 0 atom stereocenters. The number of aromatic nitrogens is 2. The first-order chi connectivity index (χ1) is 13.4. The van der Waals surface area contributed by atoms with Crippen molar-refractivity contribution in [3.05, 3.63) is 39.7 Å². The van der Waals surface area contributed by atoms with E-state index in [0.29, 0.717) is 28.1 Å². The summed E-state index contributed by atoms with van der Waals surface area (Å²) in [4.78, 5) is 45.4. The van der Waals surface area contributed by atoms with E-state index in [1.54, 1.807) is 24.3 Å². The van der Waals surface area contributed by atoms with Gasteiger partial charge in [0, 0.05) is 19.0 Å². The lowest BCUT2D eigenvalue weighted by Gasteiger charge is -2.12. The molecule has 1 saturated heterocycles. The molecular weight excluding hydrogens is 398 g/mol. The SMILES string of the molecule is CCN1C(=O)/C(=C2/C(=O)N(C(C)=O)c3ccccc32)S/C1=N/c1nnc(C)s1. The molecule has 0 spiro atoms. The quantitative estimate of drug-likeness (QED) is 0.703. The molecule has 2 aliphatic heterocycles. The van der Waals surface area contributed by atoms with Gasteiger partial charge >= 0.3 is 0 Å². The first-order valence-corrected chi connectivity index (χ1v) is 10.1. The summed E-state index contributed by atoms with van der Waals surface area (Å²) in [5, 5.41) is 9.57. The highest BCUT2D eigenvalue weighted by Gasteiger charge is 2.43. The molecule has 0 radical (unpaired) electrons. The number of carbonyl (C=O) groups is 3. The Morgan fingerprint density at radius 3 is 2.57 bits per heavy atom. The van der Waals surface area contributed by atoms with Crippen LogP contribution in [0.4, 0.5) is 10.8 Å². The Labute approximate surface area is 169 Å². The first kappa shape index (κ1) is 18.5. The number of benzene rings is 1. The van der Waals surface area contributed by atoms with Crippen molar-refractivity contribution in [3.8, 4) is 0 Å². The van der Waals surface area contributed by atoms with Crippen LogP contribution in [-0.4, -0.2) is 44.5 Å². The average Bonchev–Trinajstić information content (AvgIpc) is 3.28. The summed E-state index contributed by atoms with van der Waals surface area (Å²) in [7, 11) is 0. The highest BCUT2D eigenvalue weighted by atomic mass is 32.2. The Balaban J connectivity index is 1.85. The topological polar surface area (TPSA) is 95.8 Å². The van der Waals surface area contributed by atoms with Crippen LogP contribution < -0.4 is 4.90 Å². The molecule has 28 heavy (non-hydrogen) atoms. The van der Waals surface area contributed by atoms with E-state index in [1.807, 2.05) is 13.8 Å². The summed E-state index contributed by atoms with van der Waals surface area (Å²) >= 11 is 2.44. The minimum Gasteiger partial charge on any atom is -0.287 e. The zero-order chi connectivity index (χ0) is 20.0. The molecule has 1 aromatic heterocycles. The third kappa shape index (κ3) is 2.85. The Hall–Kier alpha value is -2.85. The number of likely N-dealkylation sites (N-methyl/N-ethyl adjacent to an activating group) is 1. The monoisotopic (exact) mass is 413 g/mol. The maximum absolute atomic E-state index is 13.0. The fourth-order valence-corrected chi connectivity index (χ4v) is 4.83. The molecule has 3 heterocycles. The van der Waals surface area contributed by atoms with E-state index in [0.717, 1.165) is 21.7 Å². The molecule has 1 aromatic carbocycles. The van der Waals surface area contributed by atoms with Crippen molar-refractivity contribution in [3.63, 3.8) is 0 Å². The zero-order valence-corrected chi connectivity index (χ0v) is 16.9. The average molecular weight is 413 g/mol. The van der Waals surface area contributed by atoms with E-state index >= 15 is 0 Å². The normalized spacial score (nSPS) is 20.5. The standard InChI is InChI=1S/C18H15N5O3S2/c1-4-22-16(26)14(28-18(22)19-17-21-20-9(2)27-17)13-11-7-5-6-8-12(11)23(10(3)24)15(13)25/h5-8H,4H2,1-3H3/b14-13-,19-18+. The van der Waals surface area contributed by atoms with Crippen LogP contribution in [0.15, 0.2) is 34.2 Å². The van der Waals surface area contributed by atoms with Gasteiger partial charge in [-0.2, -0.15) is 4.99 Å². The number of imide groups is 1. The van der Waals surface area contributed by atoms with Crippen LogP contribution >= 0.6 is 23.1 Å². The largest absolute Gasteiger partial charge is 0.287 e. The third-order valence-electron chi connectivity index (χ3n) is 4.26. The number of rotatable bonds is 2. The van der Waals surface area contributed by atoms with Gasteiger partial charge < -0.3 is 0 Å². The molecule has 0 bridgehead atoms. The lowest BCUT2D eigenvalue weighted by Crippen LogP contribution is -2.32. The number of anilines is 1. The molecule has 2 aliphatic rings. The van der Waals surface area contributed by atoms with Crippen molar-refractivity contribution < 1.29 is 14.4 Å². The number of thioether (sulfide) groups is 1. The van der Waals surface area contributed by atoms with Gasteiger partial charge in [0.1, 0.15) is 5.01 Å². The maximum atomic E-state index is 13.0. The summed E-state index contributed by atoms with van der Waals surface area (Å²) in [5.41, 5.74) is 1.30. The van der Waals surface area contributed by atoms with Crippen molar-refractivity contribution in [1.82, 2.24) is 15.1 Å². The summed E-state index contributed by atoms with van der Waals surface area (Å²) in [5.74, 6) is -1.20. The number of carbonyl (C=O) groups excluding carboxylic acids is 3. The van der Waals surface area contributed by atoms with Crippen molar-refractivity contribution >= 4 is 62.4 Å². The molecule has 0 saturated carbocycles. The van der Waals surface area contributed by atoms with E-state index in [2.05, 4.69) is 15.2 Å². The Morgan fingerprint density at radius 1 is 1.18 bits per heavy atom. The second-order valence-corrected chi connectivity index (χ2v) is 8.17. The Morgan fingerprint density at radius 2 is 1.93 bits per heavy atom. The van der Waals surface area contributed by atoms with Gasteiger partial charge in [-0.1, -0.05) is 29.5 Å². The maximum Gasteiger partial charge on any atom is 0.267 e. The van der Waals surface area contributed by atoms with Gasteiger partial charge in [-0.05, 0) is 31.7 Å². The molecule has 0 unspecified atom stereocenters.